The molecule has 6 nitrogen and oxygen atoms in total. The van der Waals surface area contributed by atoms with Crippen molar-refractivity contribution in [1.82, 2.24) is 0 Å². The van der Waals surface area contributed by atoms with Gasteiger partial charge >= 0.3 is 5.97 Å². The first kappa shape index (κ1) is 21.6. The molecule has 3 aromatic rings. The Hall–Kier alpha value is -4.11. The standard InChI is InChI=1S/C25H22N2O4/c1-30-27-25(20-7-3-2-4-8-20)21-9-5-6-18(14-21)17-31-23-12-10-19(11-13-23)22(16-26)15-24(28)29/h2-14,22H,15,17H2,1H3,(H,28,29)/b27-25+. The zero-order valence-corrected chi connectivity index (χ0v) is 17.1. The number of nitriles is 1. The molecule has 0 fully saturated rings. The van der Waals surface area contributed by atoms with Crippen LogP contribution in [0.2, 0.25) is 0 Å². The summed E-state index contributed by atoms with van der Waals surface area (Å²) in [4.78, 5) is 15.9. The van der Waals surface area contributed by atoms with Gasteiger partial charge in [-0.2, -0.15) is 5.26 Å². The van der Waals surface area contributed by atoms with Gasteiger partial charge in [-0.3, -0.25) is 4.79 Å². The minimum Gasteiger partial charge on any atom is -0.489 e. The van der Waals surface area contributed by atoms with Crippen LogP contribution in [0.5, 0.6) is 5.75 Å². The largest absolute Gasteiger partial charge is 0.489 e. The van der Waals surface area contributed by atoms with Gasteiger partial charge in [0.25, 0.3) is 0 Å². The molecule has 0 bridgehead atoms. The summed E-state index contributed by atoms with van der Waals surface area (Å²) >= 11 is 0. The van der Waals surface area contributed by atoms with Gasteiger partial charge in [-0.05, 0) is 29.3 Å². The Kier molecular flexibility index (Phi) is 7.39. The second-order valence-corrected chi connectivity index (χ2v) is 6.83. The molecular formula is C25H22N2O4. The number of carbonyl (C=O) groups is 1. The van der Waals surface area contributed by atoms with Gasteiger partial charge in [-0.25, -0.2) is 0 Å². The number of hydrogen-bond acceptors (Lipinski definition) is 5. The Morgan fingerprint density at radius 2 is 1.74 bits per heavy atom. The first-order chi connectivity index (χ1) is 15.1. The summed E-state index contributed by atoms with van der Waals surface area (Å²) in [5, 5.41) is 22.3. The molecule has 0 aliphatic rings. The van der Waals surface area contributed by atoms with Crippen molar-refractivity contribution in [2.75, 3.05) is 7.11 Å². The van der Waals surface area contributed by atoms with E-state index in [-0.39, 0.29) is 6.42 Å². The molecule has 0 radical (unpaired) electrons. The first-order valence-electron chi connectivity index (χ1n) is 9.70. The molecule has 156 valence electrons. The van der Waals surface area contributed by atoms with Gasteiger partial charge in [0.15, 0.2) is 0 Å². The van der Waals surface area contributed by atoms with Crippen LogP contribution >= 0.6 is 0 Å². The van der Waals surface area contributed by atoms with E-state index in [1.807, 2.05) is 60.7 Å². The Labute approximate surface area is 181 Å². The fourth-order valence-electron chi connectivity index (χ4n) is 3.14. The molecule has 3 rings (SSSR count). The third-order valence-corrected chi connectivity index (χ3v) is 4.65. The number of carboxylic acid groups (broad SMARTS) is 1. The van der Waals surface area contributed by atoms with E-state index >= 15 is 0 Å². The lowest BCUT2D eigenvalue weighted by atomic mass is 9.97. The van der Waals surface area contributed by atoms with Crippen molar-refractivity contribution in [3.63, 3.8) is 0 Å². The van der Waals surface area contributed by atoms with Crippen LogP contribution in [0.3, 0.4) is 0 Å². The van der Waals surface area contributed by atoms with Gasteiger partial charge in [-0.1, -0.05) is 65.8 Å². The van der Waals surface area contributed by atoms with Crippen LogP contribution in [0.25, 0.3) is 0 Å². The lowest BCUT2D eigenvalue weighted by molar-refractivity contribution is -0.137. The van der Waals surface area contributed by atoms with Crippen molar-refractivity contribution in [2.24, 2.45) is 5.16 Å². The Morgan fingerprint density at radius 1 is 1.03 bits per heavy atom. The fraction of sp³-hybridized carbons (Fsp3) is 0.160. The SMILES string of the molecule is CO/N=C(\c1ccccc1)c1cccc(COc2ccc(C(C#N)CC(=O)O)cc2)c1. The van der Waals surface area contributed by atoms with E-state index in [1.165, 1.54) is 7.11 Å². The number of nitrogens with zero attached hydrogens (tertiary/aromatic N) is 2. The van der Waals surface area contributed by atoms with E-state index in [0.29, 0.717) is 17.9 Å². The van der Waals surface area contributed by atoms with Crippen LogP contribution in [0, 0.1) is 11.3 Å². The van der Waals surface area contributed by atoms with Crippen molar-refractivity contribution in [1.29, 1.82) is 5.26 Å². The highest BCUT2D eigenvalue weighted by Gasteiger charge is 2.15. The normalized spacial score (nSPS) is 11.9. The summed E-state index contributed by atoms with van der Waals surface area (Å²) in [6, 6.07) is 26.6. The molecule has 0 aromatic heterocycles. The van der Waals surface area contributed by atoms with Crippen LogP contribution in [0.15, 0.2) is 84.0 Å². The maximum absolute atomic E-state index is 10.9. The summed E-state index contributed by atoms with van der Waals surface area (Å²) in [5.74, 6) is -1.05. The molecule has 0 heterocycles. The maximum Gasteiger partial charge on any atom is 0.305 e. The zero-order valence-electron chi connectivity index (χ0n) is 17.1. The Balaban J connectivity index is 1.71. The van der Waals surface area contributed by atoms with E-state index in [4.69, 9.17) is 14.7 Å². The van der Waals surface area contributed by atoms with Gasteiger partial charge < -0.3 is 14.7 Å². The highest BCUT2D eigenvalue weighted by atomic mass is 16.6. The zero-order chi connectivity index (χ0) is 22.1. The summed E-state index contributed by atoms with van der Waals surface area (Å²) in [6.45, 7) is 0.346. The molecule has 0 spiro atoms. The predicted octanol–water partition coefficient (Wildman–Crippen LogP) is 4.75. The van der Waals surface area contributed by atoms with E-state index < -0.39 is 11.9 Å². The molecule has 0 saturated carbocycles. The van der Waals surface area contributed by atoms with Gasteiger partial charge in [0.05, 0.1) is 18.4 Å². The predicted molar refractivity (Wildman–Crippen MR) is 117 cm³/mol. The topological polar surface area (TPSA) is 91.9 Å². The molecule has 0 amide bonds. The molecule has 31 heavy (non-hydrogen) atoms. The minimum atomic E-state index is -1.00. The second-order valence-electron chi connectivity index (χ2n) is 6.83. The second kappa shape index (κ2) is 10.6. The van der Waals surface area contributed by atoms with Gasteiger partial charge in [0.2, 0.25) is 0 Å². The van der Waals surface area contributed by atoms with Crippen LogP contribution in [-0.2, 0) is 16.2 Å². The molecule has 1 unspecified atom stereocenters. The van der Waals surface area contributed by atoms with Crippen molar-refractivity contribution in [3.8, 4) is 11.8 Å². The van der Waals surface area contributed by atoms with Gasteiger partial charge in [0.1, 0.15) is 25.2 Å². The van der Waals surface area contributed by atoms with Crippen molar-refractivity contribution in [2.45, 2.75) is 18.9 Å². The van der Waals surface area contributed by atoms with Crippen LogP contribution in [-0.4, -0.2) is 23.9 Å². The lowest BCUT2D eigenvalue weighted by Crippen LogP contribution is -2.06. The Morgan fingerprint density at radius 3 is 2.39 bits per heavy atom. The van der Waals surface area contributed by atoms with Gasteiger partial charge in [-0.15, -0.1) is 0 Å². The molecule has 6 heteroatoms. The van der Waals surface area contributed by atoms with Crippen LogP contribution < -0.4 is 4.74 Å². The van der Waals surface area contributed by atoms with Crippen molar-refractivity contribution >= 4 is 11.7 Å². The van der Waals surface area contributed by atoms with Crippen LogP contribution in [0.1, 0.15) is 34.6 Å². The summed E-state index contributed by atoms with van der Waals surface area (Å²) in [5.41, 5.74) is 4.21. The first-order valence-corrected chi connectivity index (χ1v) is 9.70. The molecule has 0 saturated heterocycles. The van der Waals surface area contributed by atoms with E-state index in [0.717, 1.165) is 22.4 Å². The van der Waals surface area contributed by atoms with Crippen molar-refractivity contribution in [3.05, 3.63) is 101 Å². The third-order valence-electron chi connectivity index (χ3n) is 4.65. The molecule has 3 aromatic carbocycles. The van der Waals surface area contributed by atoms with E-state index in [9.17, 15) is 10.1 Å². The third kappa shape index (κ3) is 5.94. The minimum absolute atomic E-state index is 0.226. The quantitative estimate of drug-likeness (QED) is 0.403. The van der Waals surface area contributed by atoms with E-state index in [1.54, 1.807) is 24.3 Å². The number of rotatable bonds is 9. The fourth-order valence-corrected chi connectivity index (χ4v) is 3.14. The Bertz CT molecular complexity index is 1090. The number of hydrogen-bond donors (Lipinski definition) is 1. The number of benzene rings is 3. The van der Waals surface area contributed by atoms with E-state index in [2.05, 4.69) is 5.16 Å². The van der Waals surface area contributed by atoms with Crippen LogP contribution in [0.4, 0.5) is 0 Å². The molecular weight excluding hydrogens is 392 g/mol. The average Bonchev–Trinajstić information content (AvgIpc) is 2.80. The summed E-state index contributed by atoms with van der Waals surface area (Å²) < 4.78 is 5.87. The number of carboxylic acids is 1. The lowest BCUT2D eigenvalue weighted by Gasteiger charge is -2.11. The molecule has 1 N–H and O–H groups in total. The molecule has 0 aliphatic heterocycles. The average molecular weight is 414 g/mol. The molecule has 1 atom stereocenters. The molecule has 0 aliphatic carbocycles. The smallest absolute Gasteiger partial charge is 0.305 e. The highest BCUT2D eigenvalue weighted by Crippen LogP contribution is 2.23. The summed E-state index contributed by atoms with van der Waals surface area (Å²) in [6.07, 6.45) is -0.226. The number of oxime groups is 1. The highest BCUT2D eigenvalue weighted by molar-refractivity contribution is 6.12. The van der Waals surface area contributed by atoms with Crippen molar-refractivity contribution < 1.29 is 19.5 Å². The maximum atomic E-state index is 10.9. The number of ether oxygens (including phenoxy) is 1. The number of aliphatic carboxylic acids is 1. The summed E-state index contributed by atoms with van der Waals surface area (Å²) in [7, 11) is 1.52. The monoisotopic (exact) mass is 414 g/mol. The van der Waals surface area contributed by atoms with Gasteiger partial charge in [0, 0.05) is 11.1 Å².